The molecule has 0 atom stereocenters. The van der Waals surface area contributed by atoms with Crippen LogP contribution in [0.5, 0.6) is 5.75 Å². The molecule has 1 aromatic carbocycles. The minimum atomic E-state index is -0.426. The summed E-state index contributed by atoms with van der Waals surface area (Å²) >= 11 is 0. The number of fused-ring (bicyclic) bond motifs is 1. The molecular weight excluding hydrogens is 258 g/mol. The van der Waals surface area contributed by atoms with E-state index < -0.39 is 4.92 Å². The van der Waals surface area contributed by atoms with E-state index in [2.05, 4.69) is 17.2 Å². The van der Waals surface area contributed by atoms with Gasteiger partial charge in [-0.05, 0) is 37.7 Å². The number of rotatable bonds is 7. The van der Waals surface area contributed by atoms with Gasteiger partial charge < -0.3 is 10.1 Å². The number of pyridine rings is 1. The Balaban J connectivity index is 2.18. The Bertz CT molecular complexity index is 601. The molecule has 6 nitrogen and oxygen atoms in total. The first kappa shape index (κ1) is 14.2. The number of ether oxygens (including phenoxy) is 1. The monoisotopic (exact) mass is 275 g/mol. The van der Waals surface area contributed by atoms with Crippen molar-refractivity contribution in [2.24, 2.45) is 0 Å². The van der Waals surface area contributed by atoms with Crippen molar-refractivity contribution in [3.05, 3.63) is 40.6 Å². The van der Waals surface area contributed by atoms with Crippen molar-refractivity contribution in [1.29, 1.82) is 0 Å². The zero-order chi connectivity index (χ0) is 14.4. The summed E-state index contributed by atoms with van der Waals surface area (Å²) in [5.74, 6) is 0.634. The van der Waals surface area contributed by atoms with Crippen molar-refractivity contribution in [1.82, 2.24) is 10.3 Å². The van der Waals surface area contributed by atoms with Gasteiger partial charge in [0.2, 0.25) is 0 Å². The third-order valence-electron chi connectivity index (χ3n) is 2.91. The van der Waals surface area contributed by atoms with Gasteiger partial charge in [0.15, 0.2) is 5.52 Å². The van der Waals surface area contributed by atoms with E-state index in [4.69, 9.17) is 4.74 Å². The minimum absolute atomic E-state index is 0.000555. The van der Waals surface area contributed by atoms with Crippen LogP contribution in [0.15, 0.2) is 30.5 Å². The van der Waals surface area contributed by atoms with Crippen LogP contribution in [0.4, 0.5) is 5.69 Å². The molecule has 1 N–H and O–H groups in total. The number of nitrogens with one attached hydrogen (secondary N) is 1. The van der Waals surface area contributed by atoms with Gasteiger partial charge in [0.25, 0.3) is 5.69 Å². The second-order valence-corrected chi connectivity index (χ2v) is 4.30. The fourth-order valence-corrected chi connectivity index (χ4v) is 1.96. The van der Waals surface area contributed by atoms with Crippen molar-refractivity contribution in [2.75, 3.05) is 19.7 Å². The average Bonchev–Trinajstić information content (AvgIpc) is 2.46. The normalized spacial score (nSPS) is 10.7. The van der Waals surface area contributed by atoms with Gasteiger partial charge in [0, 0.05) is 17.6 Å². The highest BCUT2D eigenvalue weighted by Gasteiger charge is 2.15. The molecule has 0 fully saturated rings. The fourth-order valence-electron chi connectivity index (χ4n) is 1.96. The minimum Gasteiger partial charge on any atom is -0.493 e. The maximum absolute atomic E-state index is 11.0. The van der Waals surface area contributed by atoms with Crippen LogP contribution in [0, 0.1) is 10.1 Å². The Morgan fingerprint density at radius 2 is 2.25 bits per heavy atom. The molecule has 0 amide bonds. The summed E-state index contributed by atoms with van der Waals surface area (Å²) in [6.07, 6.45) is 2.43. The molecule has 0 radical (unpaired) electrons. The van der Waals surface area contributed by atoms with Crippen LogP contribution in [0.1, 0.15) is 13.3 Å². The van der Waals surface area contributed by atoms with Crippen molar-refractivity contribution in [2.45, 2.75) is 13.3 Å². The van der Waals surface area contributed by atoms with E-state index in [1.807, 2.05) is 0 Å². The van der Waals surface area contributed by atoms with E-state index in [9.17, 15) is 10.1 Å². The van der Waals surface area contributed by atoms with E-state index in [1.165, 1.54) is 6.07 Å². The van der Waals surface area contributed by atoms with E-state index >= 15 is 0 Å². The summed E-state index contributed by atoms with van der Waals surface area (Å²) in [4.78, 5) is 14.6. The Morgan fingerprint density at radius 3 is 3.00 bits per heavy atom. The molecule has 6 heteroatoms. The summed E-state index contributed by atoms with van der Waals surface area (Å²) in [7, 11) is 0. The highest BCUT2D eigenvalue weighted by molar-refractivity contribution is 5.91. The number of hydrogen-bond donors (Lipinski definition) is 1. The lowest BCUT2D eigenvalue weighted by atomic mass is 10.1. The van der Waals surface area contributed by atoms with Crippen molar-refractivity contribution in [3.8, 4) is 5.75 Å². The summed E-state index contributed by atoms with van der Waals surface area (Å²) < 4.78 is 5.70. The van der Waals surface area contributed by atoms with E-state index in [0.29, 0.717) is 23.3 Å². The molecule has 0 bridgehead atoms. The quantitative estimate of drug-likeness (QED) is 0.477. The standard InChI is InChI=1S/C14H17N3O3/c1-2-15-8-4-10-20-13-7-6-12(17(18)19)14-11(13)5-3-9-16-14/h3,5-7,9,15H,2,4,8,10H2,1H3. The van der Waals surface area contributed by atoms with Crippen molar-refractivity contribution in [3.63, 3.8) is 0 Å². The largest absolute Gasteiger partial charge is 0.493 e. The van der Waals surface area contributed by atoms with E-state index in [0.717, 1.165) is 19.5 Å². The number of nitro benzene ring substituents is 1. The second kappa shape index (κ2) is 6.81. The van der Waals surface area contributed by atoms with E-state index in [1.54, 1.807) is 24.4 Å². The number of benzene rings is 1. The number of nitrogens with zero attached hydrogens (tertiary/aromatic N) is 2. The predicted molar refractivity (Wildman–Crippen MR) is 77.1 cm³/mol. The molecule has 0 aliphatic rings. The lowest BCUT2D eigenvalue weighted by Crippen LogP contribution is -2.16. The van der Waals surface area contributed by atoms with Crippen molar-refractivity contribution >= 4 is 16.6 Å². The van der Waals surface area contributed by atoms with Crippen LogP contribution in [0.3, 0.4) is 0 Å². The van der Waals surface area contributed by atoms with Gasteiger partial charge >= 0.3 is 0 Å². The topological polar surface area (TPSA) is 77.3 Å². The number of hydrogen-bond acceptors (Lipinski definition) is 5. The molecule has 0 unspecified atom stereocenters. The predicted octanol–water partition coefficient (Wildman–Crippen LogP) is 2.52. The first-order valence-corrected chi connectivity index (χ1v) is 6.59. The fraction of sp³-hybridized carbons (Fsp3) is 0.357. The van der Waals surface area contributed by atoms with Gasteiger partial charge in [-0.1, -0.05) is 6.92 Å². The highest BCUT2D eigenvalue weighted by Crippen LogP contribution is 2.31. The summed E-state index contributed by atoms with van der Waals surface area (Å²) in [5, 5.41) is 14.9. The van der Waals surface area contributed by atoms with E-state index in [-0.39, 0.29) is 5.69 Å². The van der Waals surface area contributed by atoms with Crippen LogP contribution in [-0.4, -0.2) is 29.6 Å². The third-order valence-corrected chi connectivity index (χ3v) is 2.91. The smallest absolute Gasteiger partial charge is 0.295 e. The maximum Gasteiger partial charge on any atom is 0.295 e. The van der Waals surface area contributed by atoms with Crippen LogP contribution >= 0.6 is 0 Å². The molecule has 1 heterocycles. The molecule has 20 heavy (non-hydrogen) atoms. The van der Waals surface area contributed by atoms with Crippen LogP contribution < -0.4 is 10.1 Å². The molecule has 0 aliphatic carbocycles. The van der Waals surface area contributed by atoms with Gasteiger partial charge in [0.05, 0.1) is 11.5 Å². The zero-order valence-electron chi connectivity index (χ0n) is 11.3. The molecular formula is C14H17N3O3. The molecule has 0 saturated carbocycles. The maximum atomic E-state index is 11.0. The second-order valence-electron chi connectivity index (χ2n) is 4.30. The molecule has 0 saturated heterocycles. The third kappa shape index (κ3) is 3.21. The zero-order valence-corrected chi connectivity index (χ0v) is 11.3. The van der Waals surface area contributed by atoms with Crippen LogP contribution in [0.2, 0.25) is 0 Å². The summed E-state index contributed by atoms with van der Waals surface area (Å²) in [6.45, 7) is 4.44. The molecule has 2 rings (SSSR count). The Kier molecular flexibility index (Phi) is 4.84. The lowest BCUT2D eigenvalue weighted by Gasteiger charge is -2.09. The molecule has 0 spiro atoms. The molecule has 0 aliphatic heterocycles. The highest BCUT2D eigenvalue weighted by atomic mass is 16.6. The SMILES string of the molecule is CCNCCCOc1ccc([N+](=O)[O-])c2ncccc12. The Morgan fingerprint density at radius 1 is 1.40 bits per heavy atom. The Labute approximate surface area is 116 Å². The van der Waals surface area contributed by atoms with Gasteiger partial charge in [-0.15, -0.1) is 0 Å². The molecule has 1 aromatic heterocycles. The average molecular weight is 275 g/mol. The molecule has 2 aromatic rings. The first-order chi connectivity index (χ1) is 9.74. The van der Waals surface area contributed by atoms with Crippen LogP contribution in [0.25, 0.3) is 10.9 Å². The number of aromatic nitrogens is 1. The van der Waals surface area contributed by atoms with Gasteiger partial charge in [-0.2, -0.15) is 0 Å². The molecule has 106 valence electrons. The number of nitro groups is 1. The Hall–Kier alpha value is -2.21. The van der Waals surface area contributed by atoms with Gasteiger partial charge in [0.1, 0.15) is 5.75 Å². The first-order valence-electron chi connectivity index (χ1n) is 6.59. The lowest BCUT2D eigenvalue weighted by molar-refractivity contribution is -0.383. The van der Waals surface area contributed by atoms with Gasteiger partial charge in [-0.25, -0.2) is 4.98 Å². The summed E-state index contributed by atoms with van der Waals surface area (Å²) in [5.41, 5.74) is 0.363. The van der Waals surface area contributed by atoms with Crippen molar-refractivity contribution < 1.29 is 9.66 Å². The van der Waals surface area contributed by atoms with Gasteiger partial charge in [-0.3, -0.25) is 10.1 Å². The summed E-state index contributed by atoms with van der Waals surface area (Å²) in [6, 6.07) is 6.61. The number of non-ortho nitro benzene ring substituents is 1. The van der Waals surface area contributed by atoms with Crippen LogP contribution in [-0.2, 0) is 0 Å².